The molecule has 1 N–H and O–H groups in total. The number of ether oxygens (including phenoxy) is 1. The average molecular weight is 599 g/mol. The van der Waals surface area contributed by atoms with Crippen molar-refractivity contribution in [1.29, 1.82) is 5.26 Å². The summed E-state index contributed by atoms with van der Waals surface area (Å²) >= 11 is 3.22. The van der Waals surface area contributed by atoms with Crippen molar-refractivity contribution < 1.29 is 28.7 Å². The van der Waals surface area contributed by atoms with Crippen LogP contribution in [0, 0.1) is 22.7 Å². The van der Waals surface area contributed by atoms with E-state index in [0.717, 1.165) is 11.3 Å². The van der Waals surface area contributed by atoms with Gasteiger partial charge in [0.1, 0.15) is 10.9 Å². The fourth-order valence-electron chi connectivity index (χ4n) is 3.42. The van der Waals surface area contributed by atoms with E-state index in [0.29, 0.717) is 17.5 Å². The Morgan fingerprint density at radius 3 is 2.34 bits per heavy atom. The summed E-state index contributed by atoms with van der Waals surface area (Å²) in [6.45, 7) is 19.5. The number of carboxylic acid groups (broad SMARTS) is 1. The lowest BCUT2D eigenvalue weighted by molar-refractivity contribution is -0.157. The van der Waals surface area contributed by atoms with E-state index in [1.165, 1.54) is 16.7 Å². The van der Waals surface area contributed by atoms with Gasteiger partial charge in [0.15, 0.2) is 24.9 Å². The summed E-state index contributed by atoms with van der Waals surface area (Å²) in [5.41, 5.74) is -1.21. The highest BCUT2D eigenvalue weighted by Gasteiger charge is 2.56. The van der Waals surface area contributed by atoms with Crippen molar-refractivity contribution in [2.75, 3.05) is 5.75 Å². The Morgan fingerprint density at radius 1 is 1.26 bits per heavy atom. The van der Waals surface area contributed by atoms with Crippen molar-refractivity contribution in [1.82, 2.24) is 4.90 Å². The molecule has 1 saturated heterocycles. The number of hydrogen-bond acceptors (Lipinski definition) is 9. The molecule has 1 aliphatic heterocycles. The summed E-state index contributed by atoms with van der Waals surface area (Å²) in [7, 11) is -2.20. The van der Waals surface area contributed by atoms with Crippen LogP contribution in [0.4, 0.5) is 0 Å². The molecule has 0 spiro atoms. The SMILES string of the molecule is CCS[C@@H]1[C@@H]([C@@H](C)O[Si](C)(C)C(C)(C)C)C(=O)N1C(C(=O)O)=C(Oc1ccsc1C#N)SC(=O)C(C)(C)C. The molecule has 38 heavy (non-hydrogen) atoms. The first-order chi connectivity index (χ1) is 17.4. The van der Waals surface area contributed by atoms with Gasteiger partial charge in [0.05, 0.1) is 17.4 Å². The topological polar surface area (TPSA) is 117 Å². The lowest BCUT2D eigenvalue weighted by Gasteiger charge is -2.50. The number of rotatable bonds is 10. The number of carbonyl (C=O) groups excluding carboxylic acids is 2. The first-order valence-electron chi connectivity index (χ1n) is 12.3. The zero-order valence-electron chi connectivity index (χ0n) is 23.7. The van der Waals surface area contributed by atoms with Crippen LogP contribution in [0.1, 0.15) is 60.3 Å². The zero-order chi connectivity index (χ0) is 29.2. The number of carboxylic acids is 1. The summed E-state index contributed by atoms with van der Waals surface area (Å²) in [6.07, 6.45) is -0.422. The molecule has 0 unspecified atom stereocenters. The van der Waals surface area contributed by atoms with Crippen molar-refractivity contribution in [2.45, 2.75) is 85.0 Å². The van der Waals surface area contributed by atoms with Crippen molar-refractivity contribution in [2.24, 2.45) is 11.3 Å². The first kappa shape index (κ1) is 32.4. The second kappa shape index (κ2) is 12.2. The molecule has 1 aliphatic rings. The number of thioether (sulfide) groups is 2. The van der Waals surface area contributed by atoms with Gasteiger partial charge in [-0.3, -0.25) is 14.5 Å². The summed E-state index contributed by atoms with van der Waals surface area (Å²) < 4.78 is 12.4. The molecule has 0 aromatic carbocycles. The Bertz CT molecular complexity index is 1140. The highest BCUT2D eigenvalue weighted by atomic mass is 32.2. The van der Waals surface area contributed by atoms with Gasteiger partial charge < -0.3 is 14.3 Å². The van der Waals surface area contributed by atoms with E-state index < -0.39 is 48.7 Å². The molecule has 0 radical (unpaired) electrons. The maximum atomic E-state index is 13.6. The molecule has 8 nitrogen and oxygen atoms in total. The second-order valence-corrected chi connectivity index (χ2v) is 19.6. The predicted molar refractivity (Wildman–Crippen MR) is 156 cm³/mol. The minimum atomic E-state index is -2.20. The van der Waals surface area contributed by atoms with E-state index in [4.69, 9.17) is 9.16 Å². The van der Waals surface area contributed by atoms with Gasteiger partial charge in [-0.05, 0) is 54.0 Å². The monoisotopic (exact) mass is 598 g/mol. The molecule has 3 atom stereocenters. The quantitative estimate of drug-likeness (QED) is 0.139. The molecule has 210 valence electrons. The van der Waals surface area contributed by atoms with Crippen molar-refractivity contribution in [3.05, 3.63) is 27.1 Å². The number of nitriles is 1. The molecule has 0 aliphatic carbocycles. The molecule has 12 heteroatoms. The van der Waals surface area contributed by atoms with Crippen LogP contribution in [0.25, 0.3) is 0 Å². The van der Waals surface area contributed by atoms with Crippen LogP contribution in [0.3, 0.4) is 0 Å². The highest BCUT2D eigenvalue weighted by molar-refractivity contribution is 8.16. The maximum Gasteiger partial charge on any atom is 0.357 e. The number of amides is 1. The lowest BCUT2D eigenvalue weighted by Crippen LogP contribution is -2.64. The van der Waals surface area contributed by atoms with E-state index in [1.807, 2.05) is 19.9 Å². The summed E-state index contributed by atoms with van der Waals surface area (Å²) in [6, 6.07) is 3.56. The standard InChI is InChI=1S/C26H38N2O6S3Si/c1-11-35-21-18(15(2)34-38(9,10)26(6,7)8)20(29)28(21)19(22(30)31)23(37-24(32)25(3,4)5)33-16-12-13-36-17(16)14-27/h12-13,15,18,21H,11H2,1-10H3,(H,30,31)/t15-,18+,21-/m1/s1. The summed E-state index contributed by atoms with van der Waals surface area (Å²) in [5, 5.41) is 20.3. The molecular weight excluding hydrogens is 561 g/mol. The Hall–Kier alpha value is -1.78. The fourth-order valence-corrected chi connectivity index (χ4v) is 7.59. The Morgan fingerprint density at radius 2 is 1.87 bits per heavy atom. The summed E-state index contributed by atoms with van der Waals surface area (Å²) in [4.78, 5) is 40.7. The van der Waals surface area contributed by atoms with Gasteiger partial charge in [0, 0.05) is 5.41 Å². The number of carbonyl (C=O) groups is 3. The number of thiophene rings is 1. The van der Waals surface area contributed by atoms with Crippen LogP contribution in [0.5, 0.6) is 5.75 Å². The van der Waals surface area contributed by atoms with Gasteiger partial charge in [-0.1, -0.05) is 48.5 Å². The molecule has 0 saturated carbocycles. The Labute approximate surface area is 239 Å². The number of β-lactam (4-membered cyclic amide) rings is 1. The third kappa shape index (κ3) is 7.04. The van der Waals surface area contributed by atoms with E-state index in [-0.39, 0.29) is 25.9 Å². The van der Waals surface area contributed by atoms with Gasteiger partial charge >= 0.3 is 5.97 Å². The zero-order valence-corrected chi connectivity index (χ0v) is 27.2. The molecule has 0 bridgehead atoms. The predicted octanol–water partition coefficient (Wildman–Crippen LogP) is 6.51. The van der Waals surface area contributed by atoms with Crippen LogP contribution in [-0.4, -0.2) is 52.5 Å². The van der Waals surface area contributed by atoms with E-state index >= 15 is 0 Å². The van der Waals surface area contributed by atoms with E-state index in [1.54, 1.807) is 32.2 Å². The third-order valence-corrected chi connectivity index (χ3v) is 14.4. The second-order valence-electron chi connectivity index (χ2n) is 11.6. The summed E-state index contributed by atoms with van der Waals surface area (Å²) in [5.74, 6) is -1.56. The van der Waals surface area contributed by atoms with E-state index in [2.05, 4.69) is 33.9 Å². The largest absolute Gasteiger partial charge is 0.476 e. The van der Waals surface area contributed by atoms with Crippen LogP contribution < -0.4 is 4.74 Å². The van der Waals surface area contributed by atoms with Gasteiger partial charge in [0.25, 0.3) is 0 Å². The maximum absolute atomic E-state index is 13.6. The van der Waals surface area contributed by atoms with Crippen LogP contribution in [0.15, 0.2) is 22.2 Å². The van der Waals surface area contributed by atoms with Gasteiger partial charge in [0.2, 0.25) is 11.0 Å². The molecule has 1 fully saturated rings. The van der Waals surface area contributed by atoms with Crippen LogP contribution >= 0.6 is 34.9 Å². The van der Waals surface area contributed by atoms with Gasteiger partial charge in [-0.15, -0.1) is 23.1 Å². The normalized spacial score (nSPS) is 19.8. The van der Waals surface area contributed by atoms with Crippen LogP contribution in [0.2, 0.25) is 18.1 Å². The number of likely N-dealkylation sites (tertiary alicyclic amines) is 1. The number of nitrogens with zero attached hydrogens (tertiary/aromatic N) is 2. The smallest absolute Gasteiger partial charge is 0.357 e. The molecule has 1 aromatic rings. The van der Waals surface area contributed by atoms with Crippen molar-refractivity contribution >= 4 is 60.2 Å². The first-order valence-corrected chi connectivity index (χ1v) is 18.0. The van der Waals surface area contributed by atoms with Gasteiger partial charge in [-0.2, -0.15) is 5.26 Å². The number of hydrogen-bond donors (Lipinski definition) is 1. The van der Waals surface area contributed by atoms with Gasteiger partial charge in [-0.25, -0.2) is 4.79 Å². The molecular formula is C26H38N2O6S3Si. The Balaban J connectivity index is 2.58. The Kier molecular flexibility index (Phi) is 10.4. The fraction of sp³-hybridized carbons (Fsp3) is 0.615. The minimum Gasteiger partial charge on any atom is -0.476 e. The molecule has 1 aromatic heterocycles. The molecule has 2 rings (SSSR count). The van der Waals surface area contributed by atoms with Crippen LogP contribution in [-0.2, 0) is 18.8 Å². The lowest BCUT2D eigenvalue weighted by atomic mass is 9.92. The van der Waals surface area contributed by atoms with Crippen molar-refractivity contribution in [3.63, 3.8) is 0 Å². The van der Waals surface area contributed by atoms with E-state index in [9.17, 15) is 24.8 Å². The average Bonchev–Trinajstić information content (AvgIpc) is 3.21. The minimum absolute atomic E-state index is 0.0583. The third-order valence-electron chi connectivity index (χ3n) is 6.58. The van der Waals surface area contributed by atoms with Crippen molar-refractivity contribution in [3.8, 4) is 11.8 Å². The molecule has 1 amide bonds. The number of aliphatic carboxylic acids is 1. The molecule has 2 heterocycles. The highest BCUT2D eigenvalue weighted by Crippen LogP contribution is 2.46.